The second-order valence-electron chi connectivity index (χ2n) is 5.23. The van der Waals surface area contributed by atoms with Crippen LogP contribution in [0.15, 0.2) is 36.4 Å². The zero-order valence-electron chi connectivity index (χ0n) is 13.0. The summed E-state index contributed by atoms with van der Waals surface area (Å²) < 4.78 is 10.5. The standard InChI is InChI=1S/C8H6N2O2S.C8H8N2S/c1-5-7-4-6(10(11)12)2-3-8(7)13-9-5;1-5-7-4-6(9)2-3-8(7)11-10-5/h2-4H,1H3;2-4H,9H2,1H3. The van der Waals surface area contributed by atoms with Crippen LogP contribution in [0.2, 0.25) is 0 Å². The first kappa shape index (κ1) is 16.3. The van der Waals surface area contributed by atoms with Gasteiger partial charge in [0.2, 0.25) is 0 Å². The lowest BCUT2D eigenvalue weighted by Crippen LogP contribution is -1.86. The Kier molecular flexibility index (Phi) is 4.41. The van der Waals surface area contributed by atoms with E-state index in [2.05, 4.69) is 8.75 Å². The van der Waals surface area contributed by atoms with Gasteiger partial charge in [0.05, 0.1) is 25.7 Å². The van der Waals surface area contributed by atoms with Gasteiger partial charge < -0.3 is 5.73 Å². The minimum Gasteiger partial charge on any atom is -0.399 e. The van der Waals surface area contributed by atoms with Crippen molar-refractivity contribution in [1.82, 2.24) is 8.75 Å². The molecule has 0 aliphatic rings. The fourth-order valence-electron chi connectivity index (χ4n) is 2.24. The summed E-state index contributed by atoms with van der Waals surface area (Å²) in [5, 5.41) is 12.5. The Morgan fingerprint density at radius 3 is 2.08 bits per heavy atom. The minimum atomic E-state index is -0.392. The van der Waals surface area contributed by atoms with Crippen molar-refractivity contribution in [1.29, 1.82) is 0 Å². The van der Waals surface area contributed by atoms with Gasteiger partial charge in [-0.2, -0.15) is 8.75 Å². The average molecular weight is 358 g/mol. The van der Waals surface area contributed by atoms with Crippen LogP contribution >= 0.6 is 23.1 Å². The van der Waals surface area contributed by atoms with Crippen LogP contribution in [-0.2, 0) is 0 Å². The van der Waals surface area contributed by atoms with Crippen molar-refractivity contribution < 1.29 is 4.92 Å². The number of nitro groups is 1. The maximum absolute atomic E-state index is 10.5. The Morgan fingerprint density at radius 1 is 0.958 bits per heavy atom. The fraction of sp³-hybridized carbons (Fsp3) is 0.125. The number of nitrogen functional groups attached to an aromatic ring is 1. The van der Waals surface area contributed by atoms with Gasteiger partial charge in [-0.05, 0) is 61.2 Å². The molecule has 0 saturated carbocycles. The number of rotatable bonds is 1. The Labute approximate surface area is 146 Å². The van der Waals surface area contributed by atoms with Crippen LogP contribution in [0.25, 0.3) is 20.2 Å². The van der Waals surface area contributed by atoms with Crippen LogP contribution in [0.4, 0.5) is 11.4 Å². The molecule has 2 aromatic carbocycles. The lowest BCUT2D eigenvalue weighted by atomic mass is 10.2. The molecule has 24 heavy (non-hydrogen) atoms. The first-order chi connectivity index (χ1) is 11.5. The maximum atomic E-state index is 10.5. The molecule has 2 aromatic heterocycles. The number of aromatic nitrogens is 2. The zero-order chi connectivity index (χ0) is 17.3. The van der Waals surface area contributed by atoms with Crippen molar-refractivity contribution >= 4 is 54.6 Å². The van der Waals surface area contributed by atoms with Gasteiger partial charge in [-0.15, -0.1) is 0 Å². The third-order valence-electron chi connectivity index (χ3n) is 3.52. The Bertz CT molecular complexity index is 1040. The highest BCUT2D eigenvalue weighted by Crippen LogP contribution is 2.26. The van der Waals surface area contributed by atoms with Crippen molar-refractivity contribution in [3.8, 4) is 0 Å². The lowest BCUT2D eigenvalue weighted by molar-refractivity contribution is -0.384. The number of fused-ring (bicyclic) bond motifs is 2. The molecular weight excluding hydrogens is 344 g/mol. The van der Waals surface area contributed by atoms with E-state index in [1.165, 1.54) is 39.2 Å². The predicted octanol–water partition coefficient (Wildman–Crippen LogP) is 4.70. The molecule has 0 aliphatic heterocycles. The van der Waals surface area contributed by atoms with Gasteiger partial charge in [0.15, 0.2) is 0 Å². The molecule has 0 spiro atoms. The van der Waals surface area contributed by atoms with E-state index in [0.29, 0.717) is 0 Å². The lowest BCUT2D eigenvalue weighted by Gasteiger charge is -1.91. The quantitative estimate of drug-likeness (QED) is 0.302. The largest absolute Gasteiger partial charge is 0.399 e. The van der Waals surface area contributed by atoms with E-state index < -0.39 is 4.92 Å². The van der Waals surface area contributed by atoms with Gasteiger partial charge >= 0.3 is 0 Å². The number of benzene rings is 2. The molecule has 0 atom stereocenters. The van der Waals surface area contributed by atoms with Crippen molar-refractivity contribution in [2.45, 2.75) is 13.8 Å². The van der Waals surface area contributed by atoms with Crippen molar-refractivity contribution in [3.63, 3.8) is 0 Å². The molecule has 0 fully saturated rings. The topological polar surface area (TPSA) is 94.9 Å². The van der Waals surface area contributed by atoms with Crippen LogP contribution in [-0.4, -0.2) is 13.7 Å². The number of nitrogens with zero attached hydrogens (tertiary/aromatic N) is 3. The van der Waals surface area contributed by atoms with Crippen molar-refractivity contribution in [3.05, 3.63) is 57.9 Å². The predicted molar refractivity (Wildman–Crippen MR) is 99.8 cm³/mol. The summed E-state index contributed by atoms with van der Waals surface area (Å²) in [5.74, 6) is 0. The molecule has 6 nitrogen and oxygen atoms in total. The van der Waals surface area contributed by atoms with E-state index >= 15 is 0 Å². The molecule has 4 rings (SSSR count). The number of hydrogen-bond donors (Lipinski definition) is 1. The second kappa shape index (κ2) is 6.50. The molecule has 0 saturated heterocycles. The Hall–Kier alpha value is -2.58. The molecule has 4 aromatic rings. The van der Waals surface area contributed by atoms with Crippen molar-refractivity contribution in [2.75, 3.05) is 5.73 Å². The van der Waals surface area contributed by atoms with Gasteiger partial charge in [-0.25, -0.2) is 0 Å². The summed E-state index contributed by atoms with van der Waals surface area (Å²) >= 11 is 2.88. The van der Waals surface area contributed by atoms with Crippen LogP contribution in [0.5, 0.6) is 0 Å². The van der Waals surface area contributed by atoms with Crippen LogP contribution in [0, 0.1) is 24.0 Å². The van der Waals surface area contributed by atoms with Gasteiger partial charge in [0.1, 0.15) is 0 Å². The summed E-state index contributed by atoms with van der Waals surface area (Å²) in [5.41, 5.74) is 8.47. The van der Waals surface area contributed by atoms with E-state index in [9.17, 15) is 10.1 Å². The van der Waals surface area contributed by atoms with E-state index in [-0.39, 0.29) is 5.69 Å². The molecule has 0 aliphatic carbocycles. The maximum Gasteiger partial charge on any atom is 0.270 e. The first-order valence-electron chi connectivity index (χ1n) is 7.07. The van der Waals surface area contributed by atoms with E-state index in [0.717, 1.165) is 27.2 Å². The van der Waals surface area contributed by atoms with Gasteiger partial charge in [0, 0.05) is 28.6 Å². The molecule has 0 unspecified atom stereocenters. The summed E-state index contributed by atoms with van der Waals surface area (Å²) in [4.78, 5) is 10.1. The molecule has 0 bridgehead atoms. The minimum absolute atomic E-state index is 0.121. The number of anilines is 1. The SMILES string of the molecule is Cc1nsc2ccc(N)cc12.Cc1nsc2ccc([N+](=O)[O-])cc12. The molecular formula is C16H14N4O2S2. The summed E-state index contributed by atoms with van der Waals surface area (Å²) in [6.45, 7) is 3.85. The number of hydrogen-bond acceptors (Lipinski definition) is 7. The molecule has 0 amide bonds. The number of non-ortho nitro benzene ring substituents is 1. The van der Waals surface area contributed by atoms with Crippen LogP contribution in [0.1, 0.15) is 11.4 Å². The molecule has 0 radical (unpaired) electrons. The summed E-state index contributed by atoms with van der Waals surface area (Å²) in [7, 11) is 0. The zero-order valence-corrected chi connectivity index (χ0v) is 14.6. The monoisotopic (exact) mass is 358 g/mol. The molecule has 2 heterocycles. The highest BCUT2D eigenvalue weighted by molar-refractivity contribution is 7.13. The van der Waals surface area contributed by atoms with Gasteiger partial charge in [-0.1, -0.05) is 0 Å². The third-order valence-corrected chi connectivity index (χ3v) is 5.35. The number of nitrogens with two attached hydrogens (primary N) is 1. The normalized spacial score (nSPS) is 10.6. The Morgan fingerprint density at radius 2 is 1.50 bits per heavy atom. The first-order valence-corrected chi connectivity index (χ1v) is 8.62. The number of nitro benzene ring substituents is 1. The smallest absolute Gasteiger partial charge is 0.270 e. The fourth-order valence-corrected chi connectivity index (χ4v) is 3.77. The van der Waals surface area contributed by atoms with E-state index in [1.807, 2.05) is 32.0 Å². The van der Waals surface area contributed by atoms with Crippen LogP contribution in [0.3, 0.4) is 0 Å². The van der Waals surface area contributed by atoms with Crippen LogP contribution < -0.4 is 5.73 Å². The highest BCUT2D eigenvalue weighted by Gasteiger charge is 2.09. The third kappa shape index (κ3) is 3.19. The summed E-state index contributed by atoms with van der Waals surface area (Å²) in [6.07, 6.45) is 0. The highest BCUT2D eigenvalue weighted by atomic mass is 32.1. The average Bonchev–Trinajstić information content (AvgIpc) is 3.11. The summed E-state index contributed by atoms with van der Waals surface area (Å²) in [6, 6.07) is 10.7. The molecule has 122 valence electrons. The van der Waals surface area contributed by atoms with Crippen molar-refractivity contribution in [2.24, 2.45) is 0 Å². The number of aryl methyl sites for hydroxylation is 2. The molecule has 8 heteroatoms. The van der Waals surface area contributed by atoms with E-state index in [1.54, 1.807) is 12.1 Å². The molecule has 2 N–H and O–H groups in total. The van der Waals surface area contributed by atoms with Gasteiger partial charge in [-0.3, -0.25) is 10.1 Å². The van der Waals surface area contributed by atoms with E-state index in [4.69, 9.17) is 5.73 Å². The van der Waals surface area contributed by atoms with Gasteiger partial charge in [0.25, 0.3) is 5.69 Å². The Balaban J connectivity index is 0.000000143. The second-order valence-corrected chi connectivity index (χ2v) is 6.84.